The summed E-state index contributed by atoms with van der Waals surface area (Å²) in [5, 5.41) is 0. The predicted molar refractivity (Wildman–Crippen MR) is 108 cm³/mol. The summed E-state index contributed by atoms with van der Waals surface area (Å²) in [6, 6.07) is 19.9. The molecule has 124 valence electrons. The minimum Gasteiger partial charge on any atom is -0.254 e. The number of benzene rings is 2. The zero-order valence-corrected chi connectivity index (χ0v) is 15.0. The third kappa shape index (κ3) is 8.64. The number of hydrogen-bond donors (Lipinski definition) is 0. The van der Waals surface area contributed by atoms with E-state index in [0.717, 1.165) is 22.8 Å². The van der Waals surface area contributed by atoms with Crippen LogP contribution in [-0.4, -0.2) is 11.4 Å². The molecule has 0 aliphatic heterocycles. The van der Waals surface area contributed by atoms with Gasteiger partial charge < -0.3 is 0 Å². The highest BCUT2D eigenvalue weighted by Crippen LogP contribution is 2.10. The Bertz CT molecular complexity index is 630. The van der Waals surface area contributed by atoms with Gasteiger partial charge in [-0.2, -0.15) is 0 Å². The third-order valence-electron chi connectivity index (χ3n) is 2.94. The Morgan fingerprint density at radius 3 is 1.25 bits per heavy atom. The van der Waals surface area contributed by atoms with Gasteiger partial charge in [0.2, 0.25) is 0 Å². The minimum atomic E-state index is 1.01. The molecule has 0 aliphatic rings. The van der Waals surface area contributed by atoms with Gasteiger partial charge in [0, 0.05) is 11.4 Å². The van der Waals surface area contributed by atoms with Gasteiger partial charge in [-0.3, -0.25) is 9.98 Å². The van der Waals surface area contributed by atoms with E-state index < -0.39 is 0 Å². The van der Waals surface area contributed by atoms with Crippen LogP contribution in [0.15, 0.2) is 95.0 Å². The fourth-order valence-corrected chi connectivity index (χ4v) is 1.97. The molecule has 0 radical (unpaired) electrons. The van der Waals surface area contributed by atoms with Crippen molar-refractivity contribution in [1.82, 2.24) is 0 Å². The van der Waals surface area contributed by atoms with Crippen LogP contribution in [0.3, 0.4) is 0 Å². The van der Waals surface area contributed by atoms with Crippen molar-refractivity contribution in [3.05, 3.63) is 85.0 Å². The predicted octanol–water partition coefficient (Wildman–Crippen LogP) is 6.71. The molecule has 24 heavy (non-hydrogen) atoms. The second-order valence-electron chi connectivity index (χ2n) is 5.18. The summed E-state index contributed by atoms with van der Waals surface area (Å²) < 4.78 is 0. The third-order valence-corrected chi connectivity index (χ3v) is 2.94. The lowest BCUT2D eigenvalue weighted by atomic mass is 10.3. The van der Waals surface area contributed by atoms with Crippen molar-refractivity contribution in [2.45, 2.75) is 27.7 Å². The second kappa shape index (κ2) is 11.8. The molecule has 2 nitrogen and oxygen atoms in total. The first kappa shape index (κ1) is 19.3. The van der Waals surface area contributed by atoms with Crippen molar-refractivity contribution >= 4 is 22.8 Å². The summed E-state index contributed by atoms with van der Waals surface area (Å²) in [5.41, 5.74) is 4.08. The topological polar surface area (TPSA) is 24.7 Å². The molecule has 0 saturated carbocycles. The monoisotopic (exact) mass is 318 g/mol. The Morgan fingerprint density at radius 2 is 0.958 bits per heavy atom. The van der Waals surface area contributed by atoms with Crippen LogP contribution < -0.4 is 0 Å². The Kier molecular flexibility index (Phi) is 9.48. The molecule has 0 unspecified atom stereocenters. The first-order valence-electron chi connectivity index (χ1n) is 8.11. The molecular formula is C22H26N2. The lowest BCUT2D eigenvalue weighted by Crippen LogP contribution is -1.81. The molecule has 2 aromatic rings. The lowest BCUT2D eigenvalue weighted by molar-refractivity contribution is 1.50. The lowest BCUT2D eigenvalue weighted by Gasteiger charge is -1.93. The van der Waals surface area contributed by atoms with Gasteiger partial charge in [-0.1, -0.05) is 48.6 Å². The fourth-order valence-electron chi connectivity index (χ4n) is 1.97. The smallest absolute Gasteiger partial charge is 0.0632 e. The van der Waals surface area contributed by atoms with E-state index in [-0.39, 0.29) is 0 Å². The average molecular weight is 318 g/mol. The summed E-state index contributed by atoms with van der Waals surface area (Å²) >= 11 is 0. The molecule has 0 amide bonds. The van der Waals surface area contributed by atoms with Gasteiger partial charge in [0.1, 0.15) is 0 Å². The molecule has 0 N–H and O–H groups in total. The standard InChI is InChI=1S/2C11H13N/c2*1-3-7-10(2)12-11-8-5-4-6-9-11/h2*3-9H,1-2H3/b2*7-3+,12-10?. The summed E-state index contributed by atoms with van der Waals surface area (Å²) in [5.74, 6) is 0. The van der Waals surface area contributed by atoms with Crippen LogP contribution in [0.1, 0.15) is 27.7 Å². The molecule has 0 atom stereocenters. The average Bonchev–Trinajstić information content (AvgIpc) is 2.58. The molecule has 0 bridgehead atoms. The van der Waals surface area contributed by atoms with E-state index in [1.165, 1.54) is 0 Å². The summed E-state index contributed by atoms with van der Waals surface area (Å²) in [4.78, 5) is 8.76. The van der Waals surface area contributed by atoms with E-state index in [9.17, 15) is 0 Å². The van der Waals surface area contributed by atoms with Crippen LogP contribution in [0, 0.1) is 0 Å². The molecule has 0 fully saturated rings. The summed E-state index contributed by atoms with van der Waals surface area (Å²) in [6.45, 7) is 7.97. The second-order valence-corrected chi connectivity index (χ2v) is 5.18. The normalized spacial score (nSPS) is 12.3. The molecule has 2 aromatic carbocycles. The number of allylic oxidation sites excluding steroid dienone is 4. The number of rotatable bonds is 4. The first-order valence-corrected chi connectivity index (χ1v) is 8.11. The van der Waals surface area contributed by atoms with E-state index in [4.69, 9.17) is 0 Å². The van der Waals surface area contributed by atoms with E-state index in [1.807, 2.05) is 113 Å². The van der Waals surface area contributed by atoms with Crippen molar-refractivity contribution in [2.24, 2.45) is 9.98 Å². The number of aliphatic imine (C=N–C) groups is 2. The fraction of sp³-hybridized carbons (Fsp3) is 0.182. The zero-order valence-electron chi connectivity index (χ0n) is 15.0. The van der Waals surface area contributed by atoms with Crippen molar-refractivity contribution in [2.75, 3.05) is 0 Å². The number of nitrogens with zero attached hydrogens (tertiary/aromatic N) is 2. The maximum Gasteiger partial charge on any atom is 0.0632 e. The SMILES string of the molecule is C/C=C/C(C)=Nc1ccccc1.C/C=C/C(C)=Nc1ccccc1. The van der Waals surface area contributed by atoms with Gasteiger partial charge in [-0.05, 0) is 64.1 Å². The molecule has 0 heterocycles. The highest BCUT2D eigenvalue weighted by Gasteiger charge is 1.86. The van der Waals surface area contributed by atoms with Crippen molar-refractivity contribution < 1.29 is 0 Å². The zero-order chi connectivity index (χ0) is 17.6. The summed E-state index contributed by atoms with van der Waals surface area (Å²) in [7, 11) is 0. The van der Waals surface area contributed by atoms with Gasteiger partial charge in [0.05, 0.1) is 11.4 Å². The first-order chi connectivity index (χ1) is 11.7. The quantitative estimate of drug-likeness (QED) is 0.560. The van der Waals surface area contributed by atoms with Crippen LogP contribution in [0.4, 0.5) is 11.4 Å². The molecule has 0 aromatic heterocycles. The molecule has 2 heteroatoms. The van der Waals surface area contributed by atoms with Crippen molar-refractivity contribution in [3.63, 3.8) is 0 Å². The Balaban J connectivity index is 0.000000240. The van der Waals surface area contributed by atoms with Gasteiger partial charge >= 0.3 is 0 Å². The molecule has 0 spiro atoms. The van der Waals surface area contributed by atoms with E-state index in [1.54, 1.807) is 0 Å². The Hall–Kier alpha value is -2.74. The van der Waals surface area contributed by atoms with Crippen LogP contribution in [-0.2, 0) is 0 Å². The van der Waals surface area contributed by atoms with Crippen molar-refractivity contribution in [1.29, 1.82) is 0 Å². The van der Waals surface area contributed by atoms with Crippen molar-refractivity contribution in [3.8, 4) is 0 Å². The van der Waals surface area contributed by atoms with E-state index >= 15 is 0 Å². The van der Waals surface area contributed by atoms with Crippen LogP contribution >= 0.6 is 0 Å². The Morgan fingerprint density at radius 1 is 0.625 bits per heavy atom. The van der Waals surface area contributed by atoms with E-state index in [0.29, 0.717) is 0 Å². The molecule has 0 aliphatic carbocycles. The molecule has 0 saturated heterocycles. The highest BCUT2D eigenvalue weighted by atomic mass is 14.7. The minimum absolute atomic E-state index is 1.01. The van der Waals surface area contributed by atoms with Crippen LogP contribution in [0.2, 0.25) is 0 Å². The van der Waals surface area contributed by atoms with Gasteiger partial charge in [-0.15, -0.1) is 0 Å². The number of hydrogen-bond acceptors (Lipinski definition) is 2. The highest BCUT2D eigenvalue weighted by molar-refractivity contribution is 5.94. The maximum absolute atomic E-state index is 4.38. The van der Waals surface area contributed by atoms with Gasteiger partial charge in [0.25, 0.3) is 0 Å². The maximum atomic E-state index is 4.38. The van der Waals surface area contributed by atoms with Gasteiger partial charge in [0.15, 0.2) is 0 Å². The molecule has 2 rings (SSSR count). The van der Waals surface area contributed by atoms with Gasteiger partial charge in [-0.25, -0.2) is 0 Å². The Labute approximate surface area is 146 Å². The molecular weight excluding hydrogens is 292 g/mol. The van der Waals surface area contributed by atoms with Crippen LogP contribution in [0.25, 0.3) is 0 Å². The summed E-state index contributed by atoms with van der Waals surface area (Å²) in [6.07, 6.45) is 7.96. The largest absolute Gasteiger partial charge is 0.254 e. The number of para-hydroxylation sites is 2. The van der Waals surface area contributed by atoms with Crippen LogP contribution in [0.5, 0.6) is 0 Å². The van der Waals surface area contributed by atoms with E-state index in [2.05, 4.69) is 9.98 Å².